The zero-order valence-corrected chi connectivity index (χ0v) is 13.5. The second-order valence-electron chi connectivity index (χ2n) is 4.88. The third kappa shape index (κ3) is 2.79. The molecule has 106 valence electrons. The number of fused-ring (bicyclic) bond motifs is 1. The molecule has 3 rings (SSSR count). The van der Waals surface area contributed by atoms with Crippen LogP contribution < -0.4 is 4.90 Å². The maximum absolute atomic E-state index is 4.89. The normalized spacial score (nSPS) is 10.8. The summed E-state index contributed by atoms with van der Waals surface area (Å²) in [5.41, 5.74) is 3.41. The summed E-state index contributed by atoms with van der Waals surface area (Å²) in [4.78, 5) is 7.14. The first kappa shape index (κ1) is 14.1. The number of anilines is 2. The number of para-hydroxylation sites is 2. The zero-order valence-electron chi connectivity index (χ0n) is 12.0. The fourth-order valence-electron chi connectivity index (χ4n) is 2.54. The molecule has 0 N–H and O–H groups in total. The van der Waals surface area contributed by atoms with Crippen molar-refractivity contribution in [3.05, 3.63) is 66.2 Å². The van der Waals surface area contributed by atoms with Crippen molar-refractivity contribution in [1.29, 1.82) is 0 Å². The lowest BCUT2D eigenvalue weighted by Crippen LogP contribution is -2.19. The zero-order chi connectivity index (χ0) is 14.7. The molecule has 2 aromatic carbocycles. The van der Waals surface area contributed by atoms with Gasteiger partial charge in [-0.1, -0.05) is 52.3 Å². The lowest BCUT2D eigenvalue weighted by atomic mass is 10.1. The van der Waals surface area contributed by atoms with Gasteiger partial charge in [0.1, 0.15) is 5.82 Å². The van der Waals surface area contributed by atoms with Crippen molar-refractivity contribution >= 4 is 38.3 Å². The van der Waals surface area contributed by atoms with Crippen molar-refractivity contribution in [1.82, 2.24) is 4.98 Å². The molecule has 0 fully saturated rings. The molecule has 2 nitrogen and oxygen atoms in total. The van der Waals surface area contributed by atoms with Crippen molar-refractivity contribution in [2.75, 3.05) is 11.4 Å². The maximum atomic E-state index is 4.89. The Morgan fingerprint density at radius 3 is 2.43 bits per heavy atom. The van der Waals surface area contributed by atoms with E-state index in [0.717, 1.165) is 23.2 Å². The van der Waals surface area contributed by atoms with E-state index in [1.54, 1.807) is 0 Å². The van der Waals surface area contributed by atoms with Crippen LogP contribution in [-0.2, 0) is 5.33 Å². The van der Waals surface area contributed by atoms with Gasteiger partial charge in [-0.2, -0.15) is 0 Å². The maximum Gasteiger partial charge on any atom is 0.137 e. The van der Waals surface area contributed by atoms with Crippen molar-refractivity contribution in [2.24, 2.45) is 0 Å². The minimum absolute atomic E-state index is 0.795. The van der Waals surface area contributed by atoms with E-state index in [0.29, 0.717) is 0 Å². The molecule has 1 aromatic heterocycles. The van der Waals surface area contributed by atoms with Crippen molar-refractivity contribution in [3.63, 3.8) is 0 Å². The molecule has 0 saturated carbocycles. The fraction of sp³-hybridized carbons (Fsp3) is 0.167. The second kappa shape index (κ2) is 6.27. The predicted molar refractivity (Wildman–Crippen MR) is 93.5 cm³/mol. The third-order valence-corrected chi connectivity index (χ3v) is 4.17. The topological polar surface area (TPSA) is 16.1 Å². The smallest absolute Gasteiger partial charge is 0.137 e. The van der Waals surface area contributed by atoms with Gasteiger partial charge < -0.3 is 4.90 Å². The molecule has 0 radical (unpaired) electrons. The van der Waals surface area contributed by atoms with Crippen LogP contribution in [0.5, 0.6) is 0 Å². The van der Waals surface area contributed by atoms with E-state index in [2.05, 4.69) is 76.3 Å². The average molecular weight is 341 g/mol. The van der Waals surface area contributed by atoms with E-state index < -0.39 is 0 Å². The number of rotatable bonds is 4. The van der Waals surface area contributed by atoms with E-state index in [4.69, 9.17) is 4.98 Å². The van der Waals surface area contributed by atoms with E-state index in [1.165, 1.54) is 16.6 Å². The van der Waals surface area contributed by atoms with E-state index in [1.807, 2.05) is 12.1 Å². The van der Waals surface area contributed by atoms with Crippen LogP contribution in [0.2, 0.25) is 0 Å². The Bertz CT molecular complexity index is 741. The van der Waals surface area contributed by atoms with E-state index in [-0.39, 0.29) is 0 Å². The largest absolute Gasteiger partial charge is 0.326 e. The second-order valence-corrected chi connectivity index (χ2v) is 5.44. The van der Waals surface area contributed by atoms with Crippen molar-refractivity contribution < 1.29 is 0 Å². The van der Waals surface area contributed by atoms with Crippen LogP contribution in [0, 0.1) is 0 Å². The van der Waals surface area contributed by atoms with Crippen LogP contribution in [0.3, 0.4) is 0 Å². The van der Waals surface area contributed by atoms with Gasteiger partial charge in [0.15, 0.2) is 0 Å². The molecule has 0 bridgehead atoms. The minimum Gasteiger partial charge on any atom is -0.326 e. The van der Waals surface area contributed by atoms with Gasteiger partial charge in [-0.15, -0.1) is 0 Å². The molecular formula is C18H17BrN2. The van der Waals surface area contributed by atoms with Crippen molar-refractivity contribution in [2.45, 2.75) is 12.3 Å². The van der Waals surface area contributed by atoms with Gasteiger partial charge in [0, 0.05) is 28.5 Å². The molecule has 0 amide bonds. The fourth-order valence-corrected chi connectivity index (χ4v) is 2.96. The first-order chi connectivity index (χ1) is 10.3. The van der Waals surface area contributed by atoms with Gasteiger partial charge in [0.2, 0.25) is 0 Å². The number of nitrogens with zero attached hydrogens (tertiary/aromatic N) is 2. The number of halogens is 1. The van der Waals surface area contributed by atoms with Crippen LogP contribution >= 0.6 is 15.9 Å². The summed E-state index contributed by atoms with van der Waals surface area (Å²) in [6.07, 6.45) is 0. The number of pyridine rings is 1. The molecule has 0 aliphatic carbocycles. The van der Waals surface area contributed by atoms with Crippen LogP contribution in [-0.4, -0.2) is 11.5 Å². The van der Waals surface area contributed by atoms with Gasteiger partial charge in [0.05, 0.1) is 5.52 Å². The minimum atomic E-state index is 0.795. The van der Waals surface area contributed by atoms with E-state index >= 15 is 0 Å². The highest BCUT2D eigenvalue weighted by atomic mass is 79.9. The number of hydrogen-bond donors (Lipinski definition) is 0. The van der Waals surface area contributed by atoms with Gasteiger partial charge in [-0.25, -0.2) is 4.98 Å². The molecule has 3 heteroatoms. The lowest BCUT2D eigenvalue weighted by Gasteiger charge is -2.24. The molecule has 0 aliphatic heterocycles. The van der Waals surface area contributed by atoms with Crippen molar-refractivity contribution in [3.8, 4) is 0 Å². The first-order valence-electron chi connectivity index (χ1n) is 7.10. The molecule has 21 heavy (non-hydrogen) atoms. The lowest BCUT2D eigenvalue weighted by molar-refractivity contribution is 0.986. The third-order valence-electron chi connectivity index (χ3n) is 3.56. The van der Waals surface area contributed by atoms with Gasteiger partial charge >= 0.3 is 0 Å². The molecule has 0 atom stereocenters. The van der Waals surface area contributed by atoms with Crippen LogP contribution in [0.1, 0.15) is 12.5 Å². The Morgan fingerprint density at radius 1 is 1.00 bits per heavy atom. The first-order valence-corrected chi connectivity index (χ1v) is 8.23. The van der Waals surface area contributed by atoms with Gasteiger partial charge in [-0.3, -0.25) is 0 Å². The highest BCUT2D eigenvalue weighted by Gasteiger charge is 2.14. The SMILES string of the molecule is CCN(c1ccccc1)c1nc2ccccc2cc1CBr. The van der Waals surface area contributed by atoms with Crippen LogP contribution in [0.4, 0.5) is 11.5 Å². The molecule has 0 spiro atoms. The molecule has 0 saturated heterocycles. The summed E-state index contributed by atoms with van der Waals surface area (Å²) in [7, 11) is 0. The molecule has 0 unspecified atom stereocenters. The predicted octanol–water partition coefficient (Wildman–Crippen LogP) is 5.29. The summed E-state index contributed by atoms with van der Waals surface area (Å²) in [6.45, 7) is 3.04. The Hall–Kier alpha value is -1.87. The Morgan fingerprint density at radius 2 is 1.71 bits per heavy atom. The number of hydrogen-bond acceptors (Lipinski definition) is 2. The highest BCUT2D eigenvalue weighted by molar-refractivity contribution is 9.08. The van der Waals surface area contributed by atoms with Gasteiger partial charge in [0.25, 0.3) is 0 Å². The summed E-state index contributed by atoms with van der Waals surface area (Å²) in [6, 6.07) is 20.9. The molecular weight excluding hydrogens is 324 g/mol. The number of alkyl halides is 1. The molecule has 0 aliphatic rings. The highest BCUT2D eigenvalue weighted by Crippen LogP contribution is 2.30. The quantitative estimate of drug-likeness (QED) is 0.600. The van der Waals surface area contributed by atoms with Gasteiger partial charge in [-0.05, 0) is 31.2 Å². The Kier molecular flexibility index (Phi) is 4.20. The summed E-state index contributed by atoms with van der Waals surface area (Å²) in [5, 5.41) is 1.98. The van der Waals surface area contributed by atoms with Crippen LogP contribution in [0.25, 0.3) is 10.9 Å². The summed E-state index contributed by atoms with van der Waals surface area (Å²) >= 11 is 3.60. The Balaban J connectivity index is 2.17. The number of aromatic nitrogens is 1. The monoisotopic (exact) mass is 340 g/mol. The standard InChI is InChI=1S/C18H17BrN2/c1-2-21(16-9-4-3-5-10-16)18-15(13-19)12-14-8-6-7-11-17(14)20-18/h3-12H,2,13H2,1H3. The average Bonchev–Trinajstić information content (AvgIpc) is 2.56. The van der Waals surface area contributed by atoms with Crippen LogP contribution in [0.15, 0.2) is 60.7 Å². The molecule has 1 heterocycles. The Labute approximate surface area is 133 Å². The summed E-state index contributed by atoms with van der Waals surface area (Å²) in [5.74, 6) is 1.03. The van der Waals surface area contributed by atoms with E-state index in [9.17, 15) is 0 Å². The molecule has 3 aromatic rings. The summed E-state index contributed by atoms with van der Waals surface area (Å²) < 4.78 is 0. The number of benzene rings is 2.